The Kier molecular flexibility index (Phi) is 5.64. The highest BCUT2D eigenvalue weighted by atomic mass is 31.2. The van der Waals surface area contributed by atoms with E-state index in [1.165, 1.54) is 15.7 Å². The van der Waals surface area contributed by atoms with Gasteiger partial charge in [-0.25, -0.2) is 4.98 Å². The Labute approximate surface area is 209 Å². The standard InChI is InChI=1S/C23H23N6O7P/c24-22-27-20-19(21(31)28-22)26-23(29(20)18-9-16(30)17(36-18)10-35-37(32,33)34)25-13-5-6-15-12(8-13)7-11-3-1-2-4-14(11)15/h1-6,8,16-18,30H,7,9-10H2,(H,25,26)(H2,32,33,34)(H3,24,27,28,31)/p-2/t16-,17+,18+/m0/s1. The van der Waals surface area contributed by atoms with Crippen molar-refractivity contribution in [3.05, 3.63) is 63.9 Å². The highest BCUT2D eigenvalue weighted by Gasteiger charge is 2.38. The first kappa shape index (κ1) is 23.8. The molecule has 1 fully saturated rings. The van der Waals surface area contributed by atoms with E-state index in [9.17, 15) is 24.3 Å². The van der Waals surface area contributed by atoms with Gasteiger partial charge in [-0.15, -0.1) is 0 Å². The SMILES string of the molecule is Nc1nc2c(nc(Nc3ccc4c(c3)Cc3ccccc3-4)n2[C@H]2C[C@H](O)[C@@H](COP(=O)([O-])[O-])O2)c(=O)[nH]1. The first-order chi connectivity index (χ1) is 17.7. The van der Waals surface area contributed by atoms with Crippen LogP contribution in [0.25, 0.3) is 22.3 Å². The summed E-state index contributed by atoms with van der Waals surface area (Å²) in [5.41, 5.74) is 10.7. The Bertz CT molecular complexity index is 1630. The summed E-state index contributed by atoms with van der Waals surface area (Å²) < 4.78 is 22.5. The monoisotopic (exact) mass is 524 g/mol. The Balaban J connectivity index is 1.36. The number of fused-ring (bicyclic) bond motifs is 4. The largest absolute Gasteiger partial charge is 0.790 e. The molecule has 3 heterocycles. The fourth-order valence-electron chi connectivity index (χ4n) is 4.90. The molecule has 0 bridgehead atoms. The zero-order chi connectivity index (χ0) is 25.9. The summed E-state index contributed by atoms with van der Waals surface area (Å²) in [6.45, 7) is -0.654. The van der Waals surface area contributed by atoms with Gasteiger partial charge < -0.3 is 39.8 Å². The van der Waals surface area contributed by atoms with E-state index in [2.05, 4.69) is 36.9 Å². The molecule has 14 heteroatoms. The van der Waals surface area contributed by atoms with Crippen LogP contribution in [0.2, 0.25) is 0 Å². The minimum atomic E-state index is -5.26. The summed E-state index contributed by atoms with van der Waals surface area (Å²) in [7, 11) is -5.26. The van der Waals surface area contributed by atoms with Crippen molar-refractivity contribution >= 4 is 36.6 Å². The smallest absolute Gasteiger partial charge is 0.280 e. The van der Waals surface area contributed by atoms with Crippen LogP contribution in [0.5, 0.6) is 0 Å². The second-order valence-corrected chi connectivity index (χ2v) is 10.1. The van der Waals surface area contributed by atoms with E-state index < -0.39 is 38.4 Å². The highest BCUT2D eigenvalue weighted by molar-refractivity contribution is 7.43. The molecule has 1 aliphatic heterocycles. The maximum Gasteiger partial charge on any atom is 0.280 e. The molecule has 6 rings (SSSR count). The number of benzene rings is 2. The van der Waals surface area contributed by atoms with Crippen LogP contribution >= 0.6 is 7.82 Å². The number of phosphoric acid groups is 1. The zero-order valence-corrected chi connectivity index (χ0v) is 20.1. The van der Waals surface area contributed by atoms with Crippen LogP contribution in [-0.2, 0) is 20.2 Å². The van der Waals surface area contributed by atoms with Crippen molar-refractivity contribution in [3.63, 3.8) is 0 Å². The normalized spacial score (nSPS) is 20.8. The third kappa shape index (κ3) is 4.42. The maximum absolute atomic E-state index is 12.6. The number of nitrogen functional groups attached to an aromatic ring is 1. The highest BCUT2D eigenvalue weighted by Crippen LogP contribution is 2.39. The average molecular weight is 524 g/mol. The molecule has 0 unspecified atom stereocenters. The van der Waals surface area contributed by atoms with Gasteiger partial charge in [0, 0.05) is 12.1 Å². The molecule has 4 aromatic rings. The molecule has 1 aliphatic carbocycles. The maximum atomic E-state index is 12.6. The van der Waals surface area contributed by atoms with E-state index in [-0.39, 0.29) is 29.5 Å². The Morgan fingerprint density at radius 2 is 2.00 bits per heavy atom. The van der Waals surface area contributed by atoms with Gasteiger partial charge in [-0.05, 0) is 40.8 Å². The van der Waals surface area contributed by atoms with E-state index in [0.29, 0.717) is 5.69 Å². The lowest BCUT2D eigenvalue weighted by atomic mass is 10.1. The fourth-order valence-corrected chi connectivity index (χ4v) is 5.23. The first-order valence-electron chi connectivity index (χ1n) is 11.4. The third-order valence-electron chi connectivity index (χ3n) is 6.51. The number of imidazole rings is 1. The molecule has 0 amide bonds. The second-order valence-electron chi connectivity index (χ2n) is 8.93. The minimum Gasteiger partial charge on any atom is -0.790 e. The van der Waals surface area contributed by atoms with Gasteiger partial charge in [0.2, 0.25) is 11.9 Å². The Morgan fingerprint density at radius 3 is 2.81 bits per heavy atom. The molecule has 3 atom stereocenters. The lowest BCUT2D eigenvalue weighted by Crippen LogP contribution is -2.29. The minimum absolute atomic E-state index is 0.00771. The van der Waals surface area contributed by atoms with Gasteiger partial charge in [0.15, 0.2) is 11.2 Å². The van der Waals surface area contributed by atoms with E-state index in [0.717, 1.165) is 17.5 Å². The number of aromatic nitrogens is 4. The van der Waals surface area contributed by atoms with E-state index >= 15 is 0 Å². The van der Waals surface area contributed by atoms with Crippen LogP contribution in [0.1, 0.15) is 23.8 Å². The summed E-state index contributed by atoms with van der Waals surface area (Å²) in [6, 6.07) is 14.1. The van der Waals surface area contributed by atoms with Gasteiger partial charge in [-0.1, -0.05) is 30.3 Å². The lowest BCUT2D eigenvalue weighted by Gasteiger charge is -2.30. The first-order valence-corrected chi connectivity index (χ1v) is 12.9. The van der Waals surface area contributed by atoms with Crippen LogP contribution < -0.4 is 26.4 Å². The van der Waals surface area contributed by atoms with E-state index in [4.69, 9.17) is 10.5 Å². The van der Waals surface area contributed by atoms with Crippen LogP contribution in [-0.4, -0.2) is 43.4 Å². The van der Waals surface area contributed by atoms with E-state index in [1.807, 2.05) is 30.3 Å². The number of anilines is 3. The predicted octanol–water partition coefficient (Wildman–Crippen LogP) is 0.510. The molecule has 2 aromatic carbocycles. The molecule has 192 valence electrons. The van der Waals surface area contributed by atoms with Gasteiger partial charge in [-0.3, -0.25) is 14.3 Å². The summed E-state index contributed by atoms with van der Waals surface area (Å²) >= 11 is 0. The van der Waals surface area contributed by atoms with Crippen LogP contribution in [0, 0.1) is 0 Å². The molecule has 13 nitrogen and oxygen atoms in total. The molecular weight excluding hydrogens is 503 g/mol. The molecule has 1 saturated heterocycles. The topological polar surface area (TPSA) is 203 Å². The van der Waals surface area contributed by atoms with Gasteiger partial charge in [-0.2, -0.15) is 4.98 Å². The third-order valence-corrected chi connectivity index (χ3v) is 6.97. The number of hydrogen-bond acceptors (Lipinski definition) is 11. The van der Waals surface area contributed by atoms with Gasteiger partial charge in [0.25, 0.3) is 5.56 Å². The molecular formula is C23H21N6O7P-2. The number of nitrogens with two attached hydrogens (primary N) is 1. The molecule has 2 aromatic heterocycles. The summed E-state index contributed by atoms with van der Waals surface area (Å²) in [4.78, 5) is 45.4. The van der Waals surface area contributed by atoms with Gasteiger partial charge in [0.1, 0.15) is 12.3 Å². The molecule has 0 radical (unpaired) electrons. The summed E-state index contributed by atoms with van der Waals surface area (Å²) in [5.74, 6) is 0.0590. The van der Waals surface area contributed by atoms with Crippen molar-refractivity contribution in [2.75, 3.05) is 17.7 Å². The van der Waals surface area contributed by atoms with Crippen molar-refractivity contribution in [2.45, 2.75) is 31.3 Å². The van der Waals surface area contributed by atoms with Gasteiger partial charge in [0.05, 0.1) is 20.5 Å². The summed E-state index contributed by atoms with van der Waals surface area (Å²) in [5, 5.41) is 13.7. The number of aliphatic hydroxyl groups excluding tert-OH is 1. The number of H-pyrrole nitrogens is 1. The number of hydrogen-bond donors (Lipinski definition) is 4. The lowest BCUT2D eigenvalue weighted by molar-refractivity contribution is -0.343. The number of phosphoric ester groups is 1. The van der Waals surface area contributed by atoms with Crippen molar-refractivity contribution in [1.29, 1.82) is 0 Å². The van der Waals surface area contributed by atoms with Crippen LogP contribution in [0.15, 0.2) is 47.3 Å². The fraction of sp³-hybridized carbons (Fsp3) is 0.261. The zero-order valence-electron chi connectivity index (χ0n) is 19.2. The predicted molar refractivity (Wildman–Crippen MR) is 129 cm³/mol. The van der Waals surface area contributed by atoms with E-state index in [1.54, 1.807) is 0 Å². The van der Waals surface area contributed by atoms with Crippen molar-refractivity contribution in [1.82, 2.24) is 19.5 Å². The van der Waals surface area contributed by atoms with Crippen LogP contribution in [0.3, 0.4) is 0 Å². The quantitative estimate of drug-likeness (QED) is 0.225. The number of nitrogens with one attached hydrogen (secondary N) is 2. The van der Waals surface area contributed by atoms with Crippen molar-refractivity contribution < 1.29 is 28.7 Å². The Hall–Kier alpha value is -3.58. The number of aliphatic hydroxyl groups is 1. The summed E-state index contributed by atoms with van der Waals surface area (Å²) in [6.07, 6.45) is -2.41. The molecule has 0 saturated carbocycles. The van der Waals surface area contributed by atoms with Gasteiger partial charge >= 0.3 is 0 Å². The van der Waals surface area contributed by atoms with Crippen molar-refractivity contribution in [2.24, 2.45) is 0 Å². The number of rotatable bonds is 6. The average Bonchev–Trinajstić information content (AvgIpc) is 3.49. The van der Waals surface area contributed by atoms with Crippen LogP contribution in [0.4, 0.5) is 17.6 Å². The van der Waals surface area contributed by atoms with Crippen molar-refractivity contribution in [3.8, 4) is 11.1 Å². The molecule has 5 N–H and O–H groups in total. The Morgan fingerprint density at radius 1 is 1.22 bits per heavy atom. The number of ether oxygens (including phenoxy) is 1. The molecule has 37 heavy (non-hydrogen) atoms. The number of nitrogens with zero attached hydrogens (tertiary/aromatic N) is 3. The second kappa shape index (κ2) is 8.77. The molecule has 0 spiro atoms. The molecule has 2 aliphatic rings. The number of aromatic amines is 1.